The SMILES string of the molecule is O=S(=O)(NCC(Cl)(Cl)Cl)OC1CCCCC1. The fourth-order valence-electron chi connectivity index (χ4n) is 1.54. The van der Waals surface area contributed by atoms with Crippen molar-refractivity contribution < 1.29 is 12.6 Å². The molecule has 0 radical (unpaired) electrons. The molecule has 96 valence electrons. The van der Waals surface area contributed by atoms with Crippen molar-refractivity contribution >= 4 is 45.1 Å². The third kappa shape index (κ3) is 6.47. The first-order chi connectivity index (χ1) is 7.29. The molecule has 1 aliphatic carbocycles. The van der Waals surface area contributed by atoms with Gasteiger partial charge in [-0.25, -0.2) is 0 Å². The van der Waals surface area contributed by atoms with E-state index in [0.29, 0.717) is 0 Å². The molecule has 0 atom stereocenters. The fraction of sp³-hybridized carbons (Fsp3) is 1.00. The van der Waals surface area contributed by atoms with E-state index >= 15 is 0 Å². The van der Waals surface area contributed by atoms with Crippen LogP contribution in [0.1, 0.15) is 32.1 Å². The van der Waals surface area contributed by atoms with E-state index in [9.17, 15) is 8.42 Å². The largest absolute Gasteiger partial charge is 0.336 e. The summed E-state index contributed by atoms with van der Waals surface area (Å²) in [6.45, 7) is -0.299. The minimum atomic E-state index is -3.82. The van der Waals surface area contributed by atoms with Crippen LogP contribution in [0.5, 0.6) is 0 Å². The van der Waals surface area contributed by atoms with E-state index < -0.39 is 14.1 Å². The van der Waals surface area contributed by atoms with Crippen LogP contribution in [0.15, 0.2) is 0 Å². The summed E-state index contributed by atoms with van der Waals surface area (Å²) in [4.78, 5) is 0. The number of hydrogen-bond acceptors (Lipinski definition) is 3. The van der Waals surface area contributed by atoms with Crippen LogP contribution in [0.3, 0.4) is 0 Å². The predicted octanol–water partition coefficient (Wildman–Crippen LogP) is 2.54. The van der Waals surface area contributed by atoms with Crippen LogP contribution in [0.4, 0.5) is 0 Å². The third-order valence-electron chi connectivity index (χ3n) is 2.26. The molecule has 0 aromatic heterocycles. The Labute approximate surface area is 111 Å². The molecule has 0 aromatic carbocycles. The Balaban J connectivity index is 2.38. The van der Waals surface area contributed by atoms with Crippen LogP contribution in [-0.2, 0) is 14.5 Å². The van der Waals surface area contributed by atoms with Gasteiger partial charge in [0, 0.05) is 0 Å². The first kappa shape index (κ1) is 14.8. The molecule has 0 spiro atoms. The lowest BCUT2D eigenvalue weighted by atomic mass is 9.98. The van der Waals surface area contributed by atoms with Gasteiger partial charge in [-0.3, -0.25) is 4.18 Å². The van der Waals surface area contributed by atoms with Crippen LogP contribution in [0.2, 0.25) is 0 Å². The molecule has 8 heteroatoms. The van der Waals surface area contributed by atoms with Crippen molar-refractivity contribution in [3.05, 3.63) is 0 Å². The Hall–Kier alpha value is 0.740. The Kier molecular flexibility index (Phi) is 5.61. The maximum absolute atomic E-state index is 11.4. The zero-order valence-electron chi connectivity index (χ0n) is 8.59. The molecular weight excluding hydrogens is 297 g/mol. The van der Waals surface area contributed by atoms with Crippen molar-refractivity contribution in [1.29, 1.82) is 0 Å². The van der Waals surface area contributed by atoms with Crippen molar-refractivity contribution in [3.63, 3.8) is 0 Å². The smallest absolute Gasteiger partial charge is 0.255 e. The van der Waals surface area contributed by atoms with E-state index in [1.807, 2.05) is 0 Å². The molecule has 0 heterocycles. The molecule has 0 saturated heterocycles. The Bertz CT molecular complexity index is 309. The number of alkyl halides is 3. The highest BCUT2D eigenvalue weighted by atomic mass is 35.6. The van der Waals surface area contributed by atoms with E-state index in [1.165, 1.54) is 0 Å². The van der Waals surface area contributed by atoms with Crippen molar-refractivity contribution in [2.45, 2.75) is 42.0 Å². The summed E-state index contributed by atoms with van der Waals surface area (Å²) < 4.78 is 28.3. The first-order valence-corrected chi connectivity index (χ1v) is 7.57. The minimum absolute atomic E-state index is 0.248. The first-order valence-electron chi connectivity index (χ1n) is 5.03. The third-order valence-corrected chi connectivity index (χ3v) is 3.69. The summed E-state index contributed by atoms with van der Waals surface area (Å²) in [5.74, 6) is 0. The van der Waals surface area contributed by atoms with Crippen LogP contribution < -0.4 is 4.72 Å². The van der Waals surface area contributed by atoms with Gasteiger partial charge in [-0.05, 0) is 12.8 Å². The molecule has 1 fully saturated rings. The van der Waals surface area contributed by atoms with Crippen LogP contribution in [0, 0.1) is 0 Å². The second kappa shape index (κ2) is 6.07. The molecule has 1 saturated carbocycles. The van der Waals surface area contributed by atoms with Crippen LogP contribution in [0.25, 0.3) is 0 Å². The topological polar surface area (TPSA) is 55.4 Å². The maximum atomic E-state index is 11.4. The molecule has 0 amide bonds. The monoisotopic (exact) mass is 309 g/mol. The summed E-state index contributed by atoms with van der Waals surface area (Å²) >= 11 is 16.3. The summed E-state index contributed by atoms with van der Waals surface area (Å²) in [6.07, 6.45) is 4.38. The molecule has 16 heavy (non-hydrogen) atoms. The molecule has 1 N–H and O–H groups in total. The van der Waals surface area contributed by atoms with E-state index in [1.54, 1.807) is 0 Å². The van der Waals surface area contributed by atoms with Gasteiger partial charge in [0.2, 0.25) is 3.79 Å². The Morgan fingerprint density at radius 2 is 1.75 bits per heavy atom. The fourth-order valence-corrected chi connectivity index (χ4v) is 2.99. The zero-order chi connectivity index (χ0) is 12.2. The second-order valence-electron chi connectivity index (χ2n) is 3.75. The van der Waals surface area contributed by atoms with Gasteiger partial charge in [-0.1, -0.05) is 54.1 Å². The van der Waals surface area contributed by atoms with E-state index in [2.05, 4.69) is 4.72 Å². The second-order valence-corrected chi connectivity index (χ2v) is 7.65. The summed E-state index contributed by atoms with van der Waals surface area (Å²) in [5, 5.41) is 0. The van der Waals surface area contributed by atoms with Gasteiger partial charge in [-0.2, -0.15) is 13.1 Å². The van der Waals surface area contributed by atoms with Crippen molar-refractivity contribution in [1.82, 2.24) is 4.72 Å². The van der Waals surface area contributed by atoms with Crippen LogP contribution in [-0.4, -0.2) is 24.9 Å². The number of rotatable bonds is 4. The lowest BCUT2D eigenvalue weighted by Gasteiger charge is -2.22. The summed E-state index contributed by atoms with van der Waals surface area (Å²) in [6, 6.07) is 0. The number of hydrogen-bond donors (Lipinski definition) is 1. The summed E-state index contributed by atoms with van der Waals surface area (Å²) in [7, 11) is -3.82. The quantitative estimate of drug-likeness (QED) is 0.812. The van der Waals surface area contributed by atoms with Crippen molar-refractivity contribution in [2.24, 2.45) is 0 Å². The molecule has 0 aliphatic heterocycles. The Morgan fingerprint density at radius 1 is 1.19 bits per heavy atom. The van der Waals surface area contributed by atoms with Gasteiger partial charge in [-0.15, -0.1) is 0 Å². The zero-order valence-corrected chi connectivity index (χ0v) is 11.7. The Morgan fingerprint density at radius 3 is 2.25 bits per heavy atom. The van der Waals surface area contributed by atoms with Gasteiger partial charge < -0.3 is 0 Å². The highest BCUT2D eigenvalue weighted by Crippen LogP contribution is 2.25. The molecule has 4 nitrogen and oxygen atoms in total. The molecule has 0 bridgehead atoms. The minimum Gasteiger partial charge on any atom is -0.255 e. The normalized spacial score (nSPS) is 19.9. The average molecular weight is 311 g/mol. The van der Waals surface area contributed by atoms with Gasteiger partial charge in [0.1, 0.15) is 0 Å². The highest BCUT2D eigenvalue weighted by Gasteiger charge is 2.26. The predicted molar refractivity (Wildman–Crippen MR) is 65.2 cm³/mol. The lowest BCUT2D eigenvalue weighted by Crippen LogP contribution is -2.36. The van der Waals surface area contributed by atoms with Crippen LogP contribution >= 0.6 is 34.8 Å². The molecule has 0 unspecified atom stereocenters. The van der Waals surface area contributed by atoms with Gasteiger partial charge in [0.15, 0.2) is 0 Å². The van der Waals surface area contributed by atoms with Gasteiger partial charge >= 0.3 is 10.3 Å². The molecule has 1 aliphatic rings. The molecule has 1 rings (SSSR count). The highest BCUT2D eigenvalue weighted by molar-refractivity contribution is 7.84. The number of nitrogens with one attached hydrogen (secondary N) is 1. The van der Waals surface area contributed by atoms with Gasteiger partial charge in [0.05, 0.1) is 12.6 Å². The summed E-state index contributed by atoms with van der Waals surface area (Å²) in [5.41, 5.74) is 0. The number of halogens is 3. The van der Waals surface area contributed by atoms with E-state index in [4.69, 9.17) is 39.0 Å². The van der Waals surface area contributed by atoms with E-state index in [-0.39, 0.29) is 12.6 Å². The maximum Gasteiger partial charge on any atom is 0.336 e. The molecule has 0 aromatic rings. The van der Waals surface area contributed by atoms with Crippen molar-refractivity contribution in [3.8, 4) is 0 Å². The van der Waals surface area contributed by atoms with E-state index in [0.717, 1.165) is 32.1 Å². The standard InChI is InChI=1S/C8H14Cl3NO3S/c9-8(10,11)6-12-16(13,14)15-7-4-2-1-3-5-7/h7,12H,1-6H2. The van der Waals surface area contributed by atoms with Gasteiger partial charge in [0.25, 0.3) is 0 Å². The average Bonchev–Trinajstić information content (AvgIpc) is 2.15. The van der Waals surface area contributed by atoms with Crippen molar-refractivity contribution in [2.75, 3.05) is 6.54 Å². The lowest BCUT2D eigenvalue weighted by molar-refractivity contribution is 0.159. The molecular formula is C8H14Cl3NO3S.